The van der Waals surface area contributed by atoms with Gasteiger partial charge in [0.05, 0.1) is 24.0 Å². The van der Waals surface area contributed by atoms with Crippen LogP contribution in [-0.4, -0.2) is 88.7 Å². The number of ether oxygens (including phenoxy) is 1. The Labute approximate surface area is 258 Å². The first-order valence-electron chi connectivity index (χ1n) is 14.3. The first-order chi connectivity index (χ1) is 21.3. The number of piperazine rings is 1. The van der Waals surface area contributed by atoms with E-state index in [1.807, 2.05) is 29.0 Å². The summed E-state index contributed by atoms with van der Waals surface area (Å²) in [6.07, 6.45) is 4.00. The molecule has 0 N–H and O–H groups in total. The molecule has 1 amide bonds. The Hall–Kier alpha value is -4.40. The van der Waals surface area contributed by atoms with E-state index in [9.17, 15) is 14.4 Å². The number of nitriles is 1. The molecule has 0 radical (unpaired) electrons. The molecule has 12 heteroatoms. The van der Waals surface area contributed by atoms with Gasteiger partial charge in [-0.1, -0.05) is 30.3 Å². The molecule has 0 aliphatic carbocycles. The number of amides is 1. The average Bonchev–Trinajstić information content (AvgIpc) is 3.35. The van der Waals surface area contributed by atoms with Gasteiger partial charge >= 0.3 is 6.01 Å². The number of likely N-dealkylation sites (N-methyl/N-ethyl adjacent to an activating group) is 1. The molecule has 0 spiro atoms. The second-order valence-electron chi connectivity index (χ2n) is 11.1. The molecule has 4 heterocycles. The summed E-state index contributed by atoms with van der Waals surface area (Å²) >= 11 is 6.55. The van der Waals surface area contributed by atoms with E-state index in [0.717, 1.165) is 5.39 Å². The maximum atomic E-state index is 16.0. The summed E-state index contributed by atoms with van der Waals surface area (Å²) < 4.78 is 36.1. The molecule has 0 bridgehead atoms. The standard InChI is InChI=1S/C32H30ClF2N7O2/c1-3-29(43)42-10-9-41(17-21(42)7-8-36)31-24-12-27(35)23(25-15-37-14-19-5-4-6-26(33)30(19)25)13-28(24)38-32(39-31)44-18-22-11-20(34)16-40(22)2/h3-6,12-15,20-22H,1,7,9-11,16-18H2,2H3/t20-,21+,22+/m1/s1. The van der Waals surface area contributed by atoms with Gasteiger partial charge in [0.1, 0.15) is 24.4 Å². The Kier molecular flexibility index (Phi) is 8.29. The third kappa shape index (κ3) is 5.63. The van der Waals surface area contributed by atoms with Crippen molar-refractivity contribution in [2.45, 2.75) is 31.1 Å². The number of carbonyl (C=O) groups excluding carboxylic acids is 1. The number of fused-ring (bicyclic) bond motifs is 2. The Morgan fingerprint density at radius 3 is 2.80 bits per heavy atom. The molecule has 2 aromatic heterocycles. The van der Waals surface area contributed by atoms with Crippen LogP contribution in [0.15, 0.2) is 55.4 Å². The van der Waals surface area contributed by atoms with Crippen LogP contribution in [0.25, 0.3) is 32.8 Å². The molecule has 6 rings (SSSR count). The van der Waals surface area contributed by atoms with Gasteiger partial charge < -0.3 is 14.5 Å². The Balaban J connectivity index is 1.45. The molecule has 0 saturated carbocycles. The summed E-state index contributed by atoms with van der Waals surface area (Å²) in [7, 11) is 1.85. The van der Waals surface area contributed by atoms with Gasteiger partial charge in [-0.3, -0.25) is 14.7 Å². The lowest BCUT2D eigenvalue weighted by atomic mass is 9.99. The summed E-state index contributed by atoms with van der Waals surface area (Å²) in [5.41, 5.74) is 1.20. The number of halogens is 3. The van der Waals surface area contributed by atoms with Gasteiger partial charge in [-0.2, -0.15) is 15.2 Å². The van der Waals surface area contributed by atoms with Crippen molar-refractivity contribution in [1.82, 2.24) is 24.8 Å². The summed E-state index contributed by atoms with van der Waals surface area (Å²) in [5.74, 6) is -0.353. The third-order valence-electron chi connectivity index (χ3n) is 8.38. The number of rotatable bonds is 7. The number of likely N-dealkylation sites (tertiary alicyclic amines) is 1. The first kappa shape index (κ1) is 29.7. The second-order valence-corrected chi connectivity index (χ2v) is 11.5. The Morgan fingerprint density at radius 1 is 1.20 bits per heavy atom. The SMILES string of the molecule is C=CC(=O)N1CCN(c2nc(OC[C@@H]3C[C@@H](F)CN3C)nc3cc(-c4cncc5cccc(Cl)c45)c(F)cc23)C[C@@H]1CC#N. The maximum Gasteiger partial charge on any atom is 0.319 e. The molecule has 2 aromatic carbocycles. The highest BCUT2D eigenvalue weighted by Gasteiger charge is 2.33. The fourth-order valence-corrected chi connectivity index (χ4v) is 6.41. The summed E-state index contributed by atoms with van der Waals surface area (Å²) in [5, 5.41) is 11.8. The van der Waals surface area contributed by atoms with Crippen molar-refractivity contribution in [3.05, 3.63) is 66.2 Å². The number of pyridine rings is 1. The van der Waals surface area contributed by atoms with Crippen LogP contribution in [0, 0.1) is 17.1 Å². The zero-order chi connectivity index (χ0) is 31.0. The zero-order valence-corrected chi connectivity index (χ0v) is 24.8. The van der Waals surface area contributed by atoms with Crippen molar-refractivity contribution in [3.8, 4) is 23.2 Å². The number of nitrogens with zero attached hydrogens (tertiary/aromatic N) is 7. The van der Waals surface area contributed by atoms with Crippen LogP contribution in [0.5, 0.6) is 6.01 Å². The second kappa shape index (κ2) is 12.3. The molecule has 4 aromatic rings. The van der Waals surface area contributed by atoms with Crippen LogP contribution in [0.1, 0.15) is 12.8 Å². The predicted molar refractivity (Wildman–Crippen MR) is 165 cm³/mol. The number of benzene rings is 2. The van der Waals surface area contributed by atoms with E-state index in [4.69, 9.17) is 21.3 Å². The normalized spacial score (nSPS) is 20.7. The molecule has 9 nitrogen and oxygen atoms in total. The number of carbonyl (C=O) groups is 1. The number of hydrogen-bond donors (Lipinski definition) is 0. The molecule has 226 valence electrons. The van der Waals surface area contributed by atoms with Gasteiger partial charge in [0, 0.05) is 76.9 Å². The van der Waals surface area contributed by atoms with Crippen molar-refractivity contribution in [3.63, 3.8) is 0 Å². The predicted octanol–water partition coefficient (Wildman–Crippen LogP) is 5.18. The highest BCUT2D eigenvalue weighted by Crippen LogP contribution is 2.38. The molecule has 44 heavy (non-hydrogen) atoms. The van der Waals surface area contributed by atoms with Gasteiger partial charge in [0.15, 0.2) is 0 Å². The van der Waals surface area contributed by atoms with Crippen molar-refractivity contribution in [2.24, 2.45) is 0 Å². The number of aromatic nitrogens is 3. The van der Waals surface area contributed by atoms with E-state index in [1.54, 1.807) is 29.4 Å². The minimum Gasteiger partial charge on any atom is -0.462 e. The monoisotopic (exact) mass is 617 g/mol. The van der Waals surface area contributed by atoms with E-state index in [2.05, 4.69) is 22.6 Å². The van der Waals surface area contributed by atoms with Crippen LogP contribution in [0.3, 0.4) is 0 Å². The van der Waals surface area contributed by atoms with Crippen LogP contribution >= 0.6 is 11.6 Å². The lowest BCUT2D eigenvalue weighted by Crippen LogP contribution is -2.55. The van der Waals surface area contributed by atoms with Crippen LogP contribution in [0.2, 0.25) is 5.02 Å². The van der Waals surface area contributed by atoms with Gasteiger partial charge in [-0.25, -0.2) is 8.78 Å². The summed E-state index contributed by atoms with van der Waals surface area (Å²) in [4.78, 5) is 31.6. The van der Waals surface area contributed by atoms with Gasteiger partial charge in [0.25, 0.3) is 0 Å². The summed E-state index contributed by atoms with van der Waals surface area (Å²) in [6, 6.07) is 10.1. The number of anilines is 1. The zero-order valence-electron chi connectivity index (χ0n) is 24.1. The third-order valence-corrected chi connectivity index (χ3v) is 8.69. The topological polar surface area (TPSA) is 98.5 Å². The van der Waals surface area contributed by atoms with E-state index < -0.39 is 18.0 Å². The fraction of sp³-hybridized carbons (Fsp3) is 0.344. The summed E-state index contributed by atoms with van der Waals surface area (Å²) in [6.45, 7) is 5.09. The molecular formula is C32H30ClF2N7O2. The van der Waals surface area contributed by atoms with Crippen LogP contribution in [-0.2, 0) is 4.79 Å². The molecule has 2 fully saturated rings. The lowest BCUT2D eigenvalue weighted by Gasteiger charge is -2.41. The lowest BCUT2D eigenvalue weighted by molar-refractivity contribution is -0.128. The maximum absolute atomic E-state index is 16.0. The molecule has 0 unspecified atom stereocenters. The van der Waals surface area contributed by atoms with Gasteiger partial charge in [0.2, 0.25) is 5.91 Å². The minimum atomic E-state index is -0.931. The molecule has 2 saturated heterocycles. The minimum absolute atomic E-state index is 0.0660. The van der Waals surface area contributed by atoms with Crippen molar-refractivity contribution in [1.29, 1.82) is 5.26 Å². The van der Waals surface area contributed by atoms with E-state index in [-0.39, 0.29) is 36.6 Å². The molecular weight excluding hydrogens is 588 g/mol. The van der Waals surface area contributed by atoms with Crippen LogP contribution < -0.4 is 9.64 Å². The van der Waals surface area contributed by atoms with Gasteiger partial charge in [-0.15, -0.1) is 0 Å². The Morgan fingerprint density at radius 2 is 2.05 bits per heavy atom. The van der Waals surface area contributed by atoms with Crippen molar-refractivity contribution in [2.75, 3.05) is 44.7 Å². The van der Waals surface area contributed by atoms with Gasteiger partial charge in [-0.05, 0) is 37.7 Å². The van der Waals surface area contributed by atoms with E-state index in [0.29, 0.717) is 65.3 Å². The molecule has 2 aliphatic rings. The first-order valence-corrected chi connectivity index (χ1v) is 14.7. The van der Waals surface area contributed by atoms with Crippen LogP contribution in [0.4, 0.5) is 14.6 Å². The van der Waals surface area contributed by atoms with Crippen molar-refractivity contribution >= 4 is 45.0 Å². The van der Waals surface area contributed by atoms with E-state index in [1.165, 1.54) is 12.1 Å². The Bertz CT molecular complexity index is 1790. The largest absolute Gasteiger partial charge is 0.462 e. The van der Waals surface area contributed by atoms with E-state index >= 15 is 4.39 Å². The number of hydrogen-bond acceptors (Lipinski definition) is 8. The molecule has 2 aliphatic heterocycles. The highest BCUT2D eigenvalue weighted by atomic mass is 35.5. The van der Waals surface area contributed by atoms with Crippen molar-refractivity contribution < 1.29 is 18.3 Å². The smallest absolute Gasteiger partial charge is 0.319 e. The fourth-order valence-electron chi connectivity index (χ4n) is 6.13. The average molecular weight is 618 g/mol. The highest BCUT2D eigenvalue weighted by molar-refractivity contribution is 6.36. The number of alkyl halides is 1. The quantitative estimate of drug-likeness (QED) is 0.262. The molecule has 3 atom stereocenters.